The second kappa shape index (κ2) is 6.55. The molecule has 0 radical (unpaired) electrons. The van der Waals surface area contributed by atoms with Crippen LogP contribution in [-0.2, 0) is 13.0 Å². The van der Waals surface area contributed by atoms with Crippen molar-refractivity contribution < 1.29 is 4.74 Å². The second-order valence-electron chi connectivity index (χ2n) is 4.76. The minimum atomic E-state index is 0.139. The highest BCUT2D eigenvalue weighted by atomic mass is 79.9. The fraction of sp³-hybridized carbons (Fsp3) is 0.333. The van der Waals surface area contributed by atoms with E-state index in [1.165, 1.54) is 10.4 Å². The summed E-state index contributed by atoms with van der Waals surface area (Å²) in [6.07, 6.45) is 0.838. The van der Waals surface area contributed by atoms with Gasteiger partial charge in [-0.3, -0.25) is 0 Å². The lowest BCUT2D eigenvalue weighted by Crippen LogP contribution is -2.18. The molecule has 2 N–H and O–H groups in total. The summed E-state index contributed by atoms with van der Waals surface area (Å²) in [6, 6.07) is 8.45. The van der Waals surface area contributed by atoms with Gasteiger partial charge in [-0.1, -0.05) is 18.2 Å². The van der Waals surface area contributed by atoms with Gasteiger partial charge in [0.25, 0.3) is 0 Å². The van der Waals surface area contributed by atoms with Crippen molar-refractivity contribution in [2.45, 2.75) is 32.9 Å². The van der Waals surface area contributed by atoms with E-state index in [0.717, 1.165) is 22.2 Å². The van der Waals surface area contributed by atoms with Crippen molar-refractivity contribution >= 4 is 27.3 Å². The number of rotatable bonds is 5. The molecule has 1 heterocycles. The van der Waals surface area contributed by atoms with Crippen LogP contribution in [0.1, 0.15) is 22.9 Å². The maximum absolute atomic E-state index is 6.00. The van der Waals surface area contributed by atoms with E-state index in [2.05, 4.69) is 52.5 Å². The number of para-hydroxylation sites is 1. The van der Waals surface area contributed by atoms with E-state index in [1.807, 2.05) is 6.92 Å². The van der Waals surface area contributed by atoms with Crippen LogP contribution in [-0.4, -0.2) is 6.04 Å². The highest BCUT2D eigenvalue weighted by Crippen LogP contribution is 2.27. The van der Waals surface area contributed by atoms with Gasteiger partial charge < -0.3 is 10.5 Å². The average molecular weight is 340 g/mol. The fourth-order valence-electron chi connectivity index (χ4n) is 2.00. The van der Waals surface area contributed by atoms with Crippen LogP contribution in [0.5, 0.6) is 5.75 Å². The summed E-state index contributed by atoms with van der Waals surface area (Å²) in [5.41, 5.74) is 8.24. The molecule has 2 aromatic rings. The highest BCUT2D eigenvalue weighted by molar-refractivity contribution is 9.10. The number of hydrogen-bond acceptors (Lipinski definition) is 3. The third kappa shape index (κ3) is 4.06. The van der Waals surface area contributed by atoms with Crippen molar-refractivity contribution in [1.29, 1.82) is 0 Å². The van der Waals surface area contributed by atoms with E-state index in [9.17, 15) is 0 Å². The summed E-state index contributed by atoms with van der Waals surface area (Å²) in [4.78, 5) is 1.21. The first-order valence-corrected chi connectivity index (χ1v) is 7.93. The van der Waals surface area contributed by atoms with Crippen LogP contribution in [0, 0.1) is 6.92 Å². The van der Waals surface area contributed by atoms with Crippen molar-refractivity contribution in [2.24, 2.45) is 5.73 Å². The molecular formula is C15H18BrNOS. The van der Waals surface area contributed by atoms with Crippen molar-refractivity contribution in [1.82, 2.24) is 0 Å². The Morgan fingerprint density at radius 2 is 2.21 bits per heavy atom. The van der Waals surface area contributed by atoms with Crippen LogP contribution in [0.2, 0.25) is 0 Å². The Morgan fingerprint density at radius 3 is 2.84 bits per heavy atom. The first-order valence-electron chi connectivity index (χ1n) is 6.26. The zero-order valence-electron chi connectivity index (χ0n) is 11.2. The van der Waals surface area contributed by atoms with Crippen LogP contribution >= 0.6 is 27.3 Å². The lowest BCUT2D eigenvalue weighted by Gasteiger charge is -2.15. The quantitative estimate of drug-likeness (QED) is 0.881. The lowest BCUT2D eigenvalue weighted by molar-refractivity contribution is 0.303. The molecule has 0 bridgehead atoms. The molecular weight excluding hydrogens is 322 g/mol. The van der Waals surface area contributed by atoms with Gasteiger partial charge in [-0.25, -0.2) is 0 Å². The summed E-state index contributed by atoms with van der Waals surface area (Å²) in [6.45, 7) is 4.69. The number of halogens is 1. The summed E-state index contributed by atoms with van der Waals surface area (Å²) >= 11 is 5.16. The van der Waals surface area contributed by atoms with Gasteiger partial charge in [0.2, 0.25) is 0 Å². The first kappa shape index (κ1) is 14.6. The number of aryl methyl sites for hydroxylation is 1. The molecule has 0 saturated carbocycles. The summed E-state index contributed by atoms with van der Waals surface area (Å²) in [7, 11) is 0. The molecule has 0 spiro atoms. The van der Waals surface area contributed by atoms with Crippen molar-refractivity contribution in [3.63, 3.8) is 0 Å². The number of nitrogens with two attached hydrogens (primary N) is 1. The molecule has 0 amide bonds. The Labute approximate surface area is 126 Å². The highest BCUT2D eigenvalue weighted by Gasteiger charge is 2.09. The molecule has 0 aliphatic carbocycles. The van der Waals surface area contributed by atoms with Gasteiger partial charge in [-0.2, -0.15) is 0 Å². The van der Waals surface area contributed by atoms with Gasteiger partial charge in [0, 0.05) is 20.8 Å². The predicted octanol–water partition coefficient (Wildman–Crippen LogP) is 4.29. The number of thiophene rings is 1. The SMILES string of the molecule is Cc1cccc(CC(C)N)c1OCc1cc(Br)cs1. The zero-order chi connectivity index (χ0) is 13.8. The number of ether oxygens (including phenoxy) is 1. The third-order valence-corrected chi connectivity index (χ3v) is 4.49. The molecule has 4 heteroatoms. The minimum Gasteiger partial charge on any atom is -0.488 e. The van der Waals surface area contributed by atoms with Crippen LogP contribution in [0.4, 0.5) is 0 Å². The van der Waals surface area contributed by atoms with Crippen LogP contribution in [0.25, 0.3) is 0 Å². The number of hydrogen-bond donors (Lipinski definition) is 1. The molecule has 2 rings (SSSR count). The number of benzene rings is 1. The zero-order valence-corrected chi connectivity index (χ0v) is 13.6. The Bertz CT molecular complexity index is 551. The Hall–Kier alpha value is -0.840. The molecule has 102 valence electrons. The third-order valence-electron chi connectivity index (χ3n) is 2.82. The molecule has 0 saturated heterocycles. The van der Waals surface area contributed by atoms with Crippen LogP contribution in [0.3, 0.4) is 0 Å². The van der Waals surface area contributed by atoms with Gasteiger partial charge in [-0.15, -0.1) is 11.3 Å². The molecule has 0 aliphatic rings. The van der Waals surface area contributed by atoms with Crippen LogP contribution in [0.15, 0.2) is 34.1 Å². The molecule has 0 aliphatic heterocycles. The molecule has 2 nitrogen and oxygen atoms in total. The summed E-state index contributed by atoms with van der Waals surface area (Å²) < 4.78 is 7.11. The van der Waals surface area contributed by atoms with E-state index < -0.39 is 0 Å². The minimum absolute atomic E-state index is 0.139. The van der Waals surface area contributed by atoms with Crippen molar-refractivity contribution in [2.75, 3.05) is 0 Å². The van der Waals surface area contributed by atoms with Crippen molar-refractivity contribution in [3.8, 4) is 5.75 Å². The Balaban J connectivity index is 2.14. The summed E-state index contributed by atoms with van der Waals surface area (Å²) in [5.74, 6) is 0.976. The maximum atomic E-state index is 6.00. The molecule has 1 unspecified atom stereocenters. The van der Waals surface area contributed by atoms with Gasteiger partial charge >= 0.3 is 0 Å². The van der Waals surface area contributed by atoms with Gasteiger partial charge in [-0.05, 0) is 53.4 Å². The molecule has 1 aromatic heterocycles. The van der Waals surface area contributed by atoms with E-state index >= 15 is 0 Å². The standard InChI is InChI=1S/C15H18BrNOS/c1-10-4-3-5-12(6-11(2)17)15(10)18-8-14-7-13(16)9-19-14/h3-5,7,9,11H,6,8,17H2,1-2H3. The van der Waals surface area contributed by atoms with E-state index in [1.54, 1.807) is 11.3 Å². The second-order valence-corrected chi connectivity index (χ2v) is 6.68. The van der Waals surface area contributed by atoms with E-state index in [0.29, 0.717) is 6.61 Å². The summed E-state index contributed by atoms with van der Waals surface area (Å²) in [5, 5.41) is 2.07. The average Bonchev–Trinajstić information content (AvgIpc) is 2.73. The molecule has 1 aromatic carbocycles. The lowest BCUT2D eigenvalue weighted by atomic mass is 10.0. The molecule has 0 fully saturated rings. The van der Waals surface area contributed by atoms with Gasteiger partial charge in [0.05, 0.1) is 0 Å². The largest absolute Gasteiger partial charge is 0.488 e. The Morgan fingerprint density at radius 1 is 1.42 bits per heavy atom. The van der Waals surface area contributed by atoms with Crippen LogP contribution < -0.4 is 10.5 Å². The Kier molecular flexibility index (Phi) is 5.02. The predicted molar refractivity (Wildman–Crippen MR) is 84.9 cm³/mol. The topological polar surface area (TPSA) is 35.2 Å². The monoisotopic (exact) mass is 339 g/mol. The van der Waals surface area contributed by atoms with E-state index in [4.69, 9.17) is 10.5 Å². The first-order chi connectivity index (χ1) is 9.06. The van der Waals surface area contributed by atoms with E-state index in [-0.39, 0.29) is 6.04 Å². The fourth-order valence-corrected chi connectivity index (χ4v) is 3.36. The molecule has 1 atom stereocenters. The molecule has 19 heavy (non-hydrogen) atoms. The maximum Gasteiger partial charge on any atom is 0.126 e. The smallest absolute Gasteiger partial charge is 0.126 e. The normalized spacial score (nSPS) is 12.4. The van der Waals surface area contributed by atoms with Crippen molar-refractivity contribution in [3.05, 3.63) is 50.1 Å². The van der Waals surface area contributed by atoms with Gasteiger partial charge in [0.15, 0.2) is 0 Å². The van der Waals surface area contributed by atoms with Gasteiger partial charge in [0.1, 0.15) is 12.4 Å².